The molecule has 3 rings (SSSR count). The molecule has 1 N–H and O–H groups in total. The Labute approximate surface area is 163 Å². The number of para-hydroxylation sites is 1. The molecule has 0 aromatic heterocycles. The summed E-state index contributed by atoms with van der Waals surface area (Å²) in [5.41, 5.74) is 3.79. The van der Waals surface area contributed by atoms with Crippen LogP contribution in [0.2, 0.25) is 0 Å². The summed E-state index contributed by atoms with van der Waals surface area (Å²) in [6, 6.07) is 25.9. The smallest absolute Gasteiger partial charge is 0.133 e. The summed E-state index contributed by atoms with van der Waals surface area (Å²) in [4.78, 5) is 0. The van der Waals surface area contributed by atoms with Gasteiger partial charge in [0, 0.05) is 11.1 Å². The van der Waals surface area contributed by atoms with E-state index in [9.17, 15) is 5.11 Å². The van der Waals surface area contributed by atoms with Crippen LogP contribution in [0.5, 0.6) is 5.75 Å². The van der Waals surface area contributed by atoms with E-state index < -0.39 is 6.10 Å². The van der Waals surface area contributed by atoms with E-state index in [2.05, 4.69) is 25.1 Å². The van der Waals surface area contributed by atoms with Gasteiger partial charge in [0.2, 0.25) is 0 Å². The molecule has 27 heavy (non-hydrogen) atoms. The van der Waals surface area contributed by atoms with Gasteiger partial charge < -0.3 is 9.84 Å². The molecular weight excluding hydrogens is 332 g/mol. The highest BCUT2D eigenvalue weighted by molar-refractivity contribution is 5.72. The van der Waals surface area contributed by atoms with Crippen LogP contribution in [0.1, 0.15) is 50.8 Å². The second kappa shape index (κ2) is 11.2. The molecule has 0 bridgehead atoms. The van der Waals surface area contributed by atoms with E-state index in [0.29, 0.717) is 6.61 Å². The Morgan fingerprint density at radius 2 is 1.44 bits per heavy atom. The first-order chi connectivity index (χ1) is 13.3. The molecule has 0 aliphatic carbocycles. The van der Waals surface area contributed by atoms with Gasteiger partial charge in [-0.1, -0.05) is 106 Å². The number of hydrogen-bond donors (Lipinski definition) is 1. The SMILES string of the molecule is CC.CCCCOc1c(-c2ccccc2)cccc1C(O)c1ccccc1. The van der Waals surface area contributed by atoms with Crippen LogP contribution in [0.3, 0.4) is 0 Å². The van der Waals surface area contributed by atoms with Crippen molar-refractivity contribution < 1.29 is 9.84 Å². The van der Waals surface area contributed by atoms with Crippen molar-refractivity contribution in [2.45, 2.75) is 39.7 Å². The number of hydrogen-bond acceptors (Lipinski definition) is 2. The van der Waals surface area contributed by atoms with Gasteiger partial charge in [-0.05, 0) is 17.5 Å². The first kappa shape index (κ1) is 20.7. The van der Waals surface area contributed by atoms with E-state index in [1.807, 2.05) is 74.5 Å². The Morgan fingerprint density at radius 3 is 2.07 bits per heavy atom. The summed E-state index contributed by atoms with van der Waals surface area (Å²) in [7, 11) is 0. The lowest BCUT2D eigenvalue weighted by Crippen LogP contribution is -2.06. The Kier molecular flexibility index (Phi) is 8.60. The highest BCUT2D eigenvalue weighted by Crippen LogP contribution is 2.38. The van der Waals surface area contributed by atoms with E-state index in [1.54, 1.807) is 0 Å². The average Bonchev–Trinajstić information content (AvgIpc) is 2.76. The highest BCUT2D eigenvalue weighted by Gasteiger charge is 2.19. The summed E-state index contributed by atoms with van der Waals surface area (Å²) >= 11 is 0. The third kappa shape index (κ3) is 5.45. The molecule has 0 amide bonds. The second-order valence-corrected chi connectivity index (χ2v) is 6.11. The third-order valence-electron chi connectivity index (χ3n) is 4.28. The first-order valence-corrected chi connectivity index (χ1v) is 9.85. The van der Waals surface area contributed by atoms with Crippen LogP contribution in [0.4, 0.5) is 0 Å². The molecule has 0 aliphatic rings. The fourth-order valence-electron chi connectivity index (χ4n) is 2.91. The zero-order valence-electron chi connectivity index (χ0n) is 16.6. The van der Waals surface area contributed by atoms with Crippen molar-refractivity contribution >= 4 is 0 Å². The van der Waals surface area contributed by atoms with Gasteiger partial charge in [-0.15, -0.1) is 0 Å². The first-order valence-electron chi connectivity index (χ1n) is 9.85. The predicted octanol–water partition coefficient (Wildman–Crippen LogP) is 6.64. The van der Waals surface area contributed by atoms with Crippen LogP contribution >= 0.6 is 0 Å². The summed E-state index contributed by atoms with van der Waals surface area (Å²) in [5.74, 6) is 0.776. The lowest BCUT2D eigenvalue weighted by molar-refractivity contribution is 0.210. The van der Waals surface area contributed by atoms with Gasteiger partial charge in [0.15, 0.2) is 0 Å². The maximum Gasteiger partial charge on any atom is 0.133 e. The average molecular weight is 363 g/mol. The van der Waals surface area contributed by atoms with E-state index >= 15 is 0 Å². The minimum absolute atomic E-state index is 0.648. The molecule has 142 valence electrons. The lowest BCUT2D eigenvalue weighted by atomic mass is 9.95. The normalized spacial score (nSPS) is 11.3. The van der Waals surface area contributed by atoms with Crippen molar-refractivity contribution in [1.82, 2.24) is 0 Å². The quantitative estimate of drug-likeness (QED) is 0.477. The molecular formula is C25H30O2. The highest BCUT2D eigenvalue weighted by atomic mass is 16.5. The van der Waals surface area contributed by atoms with Crippen molar-refractivity contribution in [2.75, 3.05) is 6.61 Å². The monoisotopic (exact) mass is 362 g/mol. The molecule has 0 spiro atoms. The Balaban J connectivity index is 0.00000126. The van der Waals surface area contributed by atoms with Gasteiger partial charge in [-0.3, -0.25) is 0 Å². The Morgan fingerprint density at radius 1 is 0.815 bits per heavy atom. The minimum atomic E-state index is -0.707. The van der Waals surface area contributed by atoms with Crippen molar-refractivity contribution in [3.8, 4) is 16.9 Å². The summed E-state index contributed by atoms with van der Waals surface area (Å²) in [6.45, 7) is 6.79. The summed E-state index contributed by atoms with van der Waals surface area (Å²) in [6.07, 6.45) is 1.36. The van der Waals surface area contributed by atoms with Gasteiger partial charge in [0.25, 0.3) is 0 Å². The van der Waals surface area contributed by atoms with Crippen LogP contribution in [0, 0.1) is 0 Å². The molecule has 0 aliphatic heterocycles. The standard InChI is InChI=1S/C23H24O2.C2H6/c1-2-3-17-25-23-20(18-11-6-4-7-12-18)15-10-16-21(23)22(24)19-13-8-5-9-14-19;1-2/h4-16,22,24H,2-3,17H2,1H3;1-2H3. The van der Waals surface area contributed by atoms with E-state index in [0.717, 1.165) is 40.8 Å². The van der Waals surface area contributed by atoms with Gasteiger partial charge in [-0.25, -0.2) is 0 Å². The van der Waals surface area contributed by atoms with E-state index in [4.69, 9.17) is 4.74 Å². The lowest BCUT2D eigenvalue weighted by Gasteiger charge is -2.20. The molecule has 3 aromatic carbocycles. The third-order valence-corrected chi connectivity index (χ3v) is 4.28. The fourth-order valence-corrected chi connectivity index (χ4v) is 2.91. The summed E-state index contributed by atoms with van der Waals surface area (Å²) in [5, 5.41) is 10.9. The molecule has 2 heteroatoms. The number of ether oxygens (including phenoxy) is 1. The fraction of sp³-hybridized carbons (Fsp3) is 0.280. The van der Waals surface area contributed by atoms with Gasteiger partial charge in [-0.2, -0.15) is 0 Å². The Hall–Kier alpha value is -2.58. The van der Waals surface area contributed by atoms with Crippen LogP contribution in [0.25, 0.3) is 11.1 Å². The van der Waals surface area contributed by atoms with Crippen molar-refractivity contribution in [2.24, 2.45) is 0 Å². The largest absolute Gasteiger partial charge is 0.493 e. The van der Waals surface area contributed by atoms with Crippen LogP contribution < -0.4 is 4.74 Å². The number of rotatable bonds is 7. The second-order valence-electron chi connectivity index (χ2n) is 6.11. The number of benzene rings is 3. The van der Waals surface area contributed by atoms with E-state index in [1.165, 1.54) is 0 Å². The van der Waals surface area contributed by atoms with Gasteiger partial charge in [0.1, 0.15) is 11.9 Å². The molecule has 1 unspecified atom stereocenters. The van der Waals surface area contributed by atoms with Crippen molar-refractivity contribution in [3.63, 3.8) is 0 Å². The van der Waals surface area contributed by atoms with Crippen LogP contribution in [-0.4, -0.2) is 11.7 Å². The van der Waals surface area contributed by atoms with Crippen molar-refractivity contribution in [1.29, 1.82) is 0 Å². The number of aliphatic hydroxyl groups excluding tert-OH is 1. The zero-order valence-corrected chi connectivity index (χ0v) is 16.6. The van der Waals surface area contributed by atoms with Crippen molar-refractivity contribution in [3.05, 3.63) is 90.0 Å². The molecule has 0 radical (unpaired) electrons. The molecule has 0 heterocycles. The summed E-state index contributed by atoms with van der Waals surface area (Å²) < 4.78 is 6.15. The van der Waals surface area contributed by atoms with Crippen LogP contribution in [0.15, 0.2) is 78.9 Å². The zero-order chi connectivity index (χ0) is 19.5. The maximum absolute atomic E-state index is 10.9. The molecule has 2 nitrogen and oxygen atoms in total. The van der Waals surface area contributed by atoms with Crippen LogP contribution in [-0.2, 0) is 0 Å². The molecule has 0 saturated carbocycles. The molecule has 3 aromatic rings. The molecule has 0 saturated heterocycles. The predicted molar refractivity (Wildman–Crippen MR) is 114 cm³/mol. The Bertz CT molecular complexity index is 782. The number of unbranched alkanes of at least 4 members (excludes halogenated alkanes) is 1. The topological polar surface area (TPSA) is 29.5 Å². The van der Waals surface area contributed by atoms with Gasteiger partial charge in [0.05, 0.1) is 6.61 Å². The molecule has 0 fully saturated rings. The number of aliphatic hydroxyl groups is 1. The molecule has 1 atom stereocenters. The van der Waals surface area contributed by atoms with E-state index in [-0.39, 0.29) is 0 Å². The maximum atomic E-state index is 10.9. The van der Waals surface area contributed by atoms with Gasteiger partial charge >= 0.3 is 0 Å². The minimum Gasteiger partial charge on any atom is -0.493 e.